The number of aromatic nitrogens is 2. The molecule has 0 aliphatic heterocycles. The molecule has 0 spiro atoms. The van der Waals surface area contributed by atoms with Gasteiger partial charge in [0, 0.05) is 23.4 Å². The topological polar surface area (TPSA) is 101 Å². The fraction of sp³-hybridized carbons (Fsp3) is 0.267. The lowest BCUT2D eigenvalue weighted by atomic mass is 9.74. The van der Waals surface area contributed by atoms with Gasteiger partial charge in [0.2, 0.25) is 0 Å². The summed E-state index contributed by atoms with van der Waals surface area (Å²) in [6.45, 7) is -1.76. The lowest BCUT2D eigenvalue weighted by Gasteiger charge is -2.47. The maximum atomic E-state index is 14.4. The van der Waals surface area contributed by atoms with Crippen LogP contribution >= 0.6 is 0 Å². The van der Waals surface area contributed by atoms with Crippen LogP contribution < -0.4 is 5.32 Å². The number of carbonyl (C=O) groups excluding carboxylic acids is 1. The van der Waals surface area contributed by atoms with E-state index in [2.05, 4.69) is 20.3 Å². The van der Waals surface area contributed by atoms with Crippen molar-refractivity contribution < 1.29 is 57.5 Å². The van der Waals surface area contributed by atoms with Crippen LogP contribution in [0.15, 0.2) is 84.0 Å². The Morgan fingerprint density at radius 2 is 1.47 bits per heavy atom. The van der Waals surface area contributed by atoms with Crippen molar-refractivity contribution in [3.05, 3.63) is 119 Å². The van der Waals surface area contributed by atoms with Gasteiger partial charge in [-0.15, -0.1) is 0 Å². The van der Waals surface area contributed by atoms with Gasteiger partial charge in [-0.05, 0) is 54.8 Å². The second kappa shape index (κ2) is 12.0. The van der Waals surface area contributed by atoms with Crippen molar-refractivity contribution in [2.75, 3.05) is 0 Å². The molecule has 0 radical (unpaired) electrons. The van der Waals surface area contributed by atoms with E-state index in [1.807, 2.05) is 0 Å². The average molecular weight is 692 g/mol. The van der Waals surface area contributed by atoms with E-state index in [1.54, 1.807) is 0 Å². The number of aromatic amines is 1. The number of nitrogens with zero attached hydrogens (tertiary/aromatic N) is 1. The van der Waals surface area contributed by atoms with Crippen molar-refractivity contribution in [1.29, 1.82) is 0 Å². The number of sulfone groups is 1. The summed E-state index contributed by atoms with van der Waals surface area (Å²) >= 11 is 0. The van der Waals surface area contributed by atoms with Gasteiger partial charge in [-0.2, -0.15) is 31.4 Å². The highest BCUT2D eigenvalue weighted by Gasteiger charge is 2.73. The number of ether oxygens (including phenoxy) is 1. The van der Waals surface area contributed by atoms with Crippen molar-refractivity contribution in [3.63, 3.8) is 0 Å². The van der Waals surface area contributed by atoms with Crippen LogP contribution in [0.25, 0.3) is 0 Å². The van der Waals surface area contributed by atoms with Crippen molar-refractivity contribution in [1.82, 2.24) is 15.5 Å². The molecule has 1 saturated carbocycles. The molecule has 1 fully saturated rings. The van der Waals surface area contributed by atoms with Crippen molar-refractivity contribution in [3.8, 4) is 0 Å². The molecule has 3 aromatic carbocycles. The smallest absolute Gasteiger partial charge is 0.349 e. The minimum atomic E-state index is -6.22. The van der Waals surface area contributed by atoms with Crippen LogP contribution in [0.5, 0.6) is 0 Å². The van der Waals surface area contributed by atoms with E-state index >= 15 is 0 Å². The predicted octanol–water partition coefficient (Wildman–Crippen LogP) is 6.63. The number of carbonyl (C=O) groups is 1. The molecule has 47 heavy (non-hydrogen) atoms. The molecule has 2 N–H and O–H groups in total. The third-order valence-corrected chi connectivity index (χ3v) is 10.5. The number of alkyl halides is 6. The number of benzene rings is 3. The average Bonchev–Trinajstić information content (AvgIpc) is 3.51. The maximum absolute atomic E-state index is 14.4. The monoisotopic (exact) mass is 691 g/mol. The molecule has 0 bridgehead atoms. The Labute approximate surface area is 260 Å². The first-order chi connectivity index (χ1) is 21.9. The third-order valence-electron chi connectivity index (χ3n) is 8.00. The molecule has 0 saturated heterocycles. The van der Waals surface area contributed by atoms with Crippen molar-refractivity contribution in [2.45, 2.75) is 53.1 Å². The Kier molecular flexibility index (Phi) is 8.68. The molecule has 1 aliphatic carbocycles. The van der Waals surface area contributed by atoms with Crippen molar-refractivity contribution >= 4 is 15.7 Å². The summed E-state index contributed by atoms with van der Waals surface area (Å²) < 4.78 is 158. The summed E-state index contributed by atoms with van der Waals surface area (Å²) in [6.07, 6.45) is -10.7. The van der Waals surface area contributed by atoms with Gasteiger partial charge in [-0.25, -0.2) is 21.6 Å². The Hall–Kier alpha value is -4.38. The SMILES string of the molecule is O=C(NC1CC(c2ccc(C(OCc3c(F)cccc3F)(C(F)(F)F)C(F)(F)F)cc2)(S(=O)(=O)c2ccc(F)cc2)C1)c1cn[nH]c1. The molecule has 4 aromatic rings. The van der Waals surface area contributed by atoms with Crippen LogP contribution in [0.1, 0.15) is 39.9 Å². The van der Waals surface area contributed by atoms with E-state index < -0.39 is 84.6 Å². The van der Waals surface area contributed by atoms with Gasteiger partial charge in [-0.1, -0.05) is 30.3 Å². The van der Waals surface area contributed by atoms with E-state index in [1.165, 1.54) is 12.4 Å². The number of rotatable bonds is 9. The van der Waals surface area contributed by atoms with E-state index in [4.69, 9.17) is 0 Å². The zero-order valence-corrected chi connectivity index (χ0v) is 24.4. The van der Waals surface area contributed by atoms with Gasteiger partial charge in [-0.3, -0.25) is 9.89 Å². The first-order valence-corrected chi connectivity index (χ1v) is 15.0. The quantitative estimate of drug-likeness (QED) is 0.152. The van der Waals surface area contributed by atoms with Gasteiger partial charge in [0.05, 0.1) is 23.3 Å². The molecule has 1 heterocycles. The Morgan fingerprint density at radius 1 is 0.894 bits per heavy atom. The Morgan fingerprint density at radius 3 is 1.98 bits per heavy atom. The zero-order valence-electron chi connectivity index (χ0n) is 23.6. The van der Waals surface area contributed by atoms with Crippen LogP contribution in [0.4, 0.5) is 39.5 Å². The fourth-order valence-electron chi connectivity index (χ4n) is 5.53. The molecule has 0 atom stereocenters. The molecule has 5 rings (SSSR count). The Balaban J connectivity index is 1.55. The molecule has 0 unspecified atom stereocenters. The molecule has 1 aliphatic rings. The number of H-pyrrole nitrogens is 1. The number of hydrogen-bond donors (Lipinski definition) is 2. The van der Waals surface area contributed by atoms with Crippen molar-refractivity contribution in [2.24, 2.45) is 0 Å². The number of amides is 1. The van der Waals surface area contributed by atoms with E-state index in [-0.39, 0.29) is 24.0 Å². The van der Waals surface area contributed by atoms with Crippen LogP contribution in [-0.4, -0.2) is 42.9 Å². The van der Waals surface area contributed by atoms with Gasteiger partial charge in [0.1, 0.15) is 22.2 Å². The van der Waals surface area contributed by atoms with Gasteiger partial charge in [0.15, 0.2) is 9.84 Å². The van der Waals surface area contributed by atoms with Gasteiger partial charge < -0.3 is 10.1 Å². The molecule has 7 nitrogen and oxygen atoms in total. The normalized spacial score (nSPS) is 18.9. The number of nitrogens with one attached hydrogen (secondary N) is 2. The summed E-state index contributed by atoms with van der Waals surface area (Å²) in [5, 5.41) is 8.66. The fourth-order valence-corrected chi connectivity index (χ4v) is 7.76. The highest BCUT2D eigenvalue weighted by molar-refractivity contribution is 7.92. The summed E-state index contributed by atoms with van der Waals surface area (Å²) in [5.74, 6) is -4.28. The van der Waals surface area contributed by atoms with Gasteiger partial charge in [0.25, 0.3) is 11.5 Å². The Bertz CT molecular complexity index is 1820. The predicted molar refractivity (Wildman–Crippen MR) is 146 cm³/mol. The summed E-state index contributed by atoms with van der Waals surface area (Å²) in [5.41, 5.74) is -7.94. The summed E-state index contributed by atoms with van der Waals surface area (Å²) in [6, 6.07) is 7.14. The first kappa shape index (κ1) is 34.0. The van der Waals surface area contributed by atoms with E-state index in [9.17, 15) is 52.7 Å². The van der Waals surface area contributed by atoms with Gasteiger partial charge >= 0.3 is 12.4 Å². The largest absolute Gasteiger partial charge is 0.430 e. The van der Waals surface area contributed by atoms with Crippen LogP contribution in [0.2, 0.25) is 0 Å². The second-order valence-corrected chi connectivity index (χ2v) is 13.0. The highest BCUT2D eigenvalue weighted by Crippen LogP contribution is 2.55. The lowest BCUT2D eigenvalue weighted by Crippen LogP contribution is -2.57. The minimum Gasteiger partial charge on any atom is -0.349 e. The molecule has 1 aromatic heterocycles. The highest BCUT2D eigenvalue weighted by atomic mass is 32.2. The zero-order chi connectivity index (χ0) is 34.4. The summed E-state index contributed by atoms with van der Waals surface area (Å²) in [4.78, 5) is 12.1. The third kappa shape index (κ3) is 5.86. The standard InChI is InChI=1S/C30H22F9N3O4S/c31-20-8-10-22(11-9-20)47(44,45)27(12-21(13-27)42-26(43)17-14-40-41-15-17)18-4-6-19(7-5-18)28(29(34,35)36,30(37,38)39)46-16-23-24(32)2-1-3-25(23)33/h1-11,14-15,21H,12-13,16H2,(H,40,41)(H,42,43). The van der Waals surface area contributed by atoms with Crippen LogP contribution in [0.3, 0.4) is 0 Å². The molecule has 1 amide bonds. The summed E-state index contributed by atoms with van der Waals surface area (Å²) in [7, 11) is -4.51. The van der Waals surface area contributed by atoms with E-state index in [0.717, 1.165) is 42.5 Å². The minimum absolute atomic E-state index is 0.110. The molecular weight excluding hydrogens is 669 g/mol. The van der Waals surface area contributed by atoms with Crippen LogP contribution in [-0.2, 0) is 31.5 Å². The number of halogens is 9. The van der Waals surface area contributed by atoms with Crippen LogP contribution in [0, 0.1) is 17.5 Å². The van der Waals surface area contributed by atoms with E-state index in [0.29, 0.717) is 24.3 Å². The number of hydrogen-bond acceptors (Lipinski definition) is 5. The first-order valence-electron chi connectivity index (χ1n) is 13.5. The lowest BCUT2D eigenvalue weighted by molar-refractivity contribution is -0.392. The second-order valence-electron chi connectivity index (χ2n) is 10.8. The molecule has 17 heteroatoms. The maximum Gasteiger partial charge on any atom is 0.430 e. The molecular formula is C30H22F9N3O4S. The molecule has 250 valence electrons.